The predicted octanol–water partition coefficient (Wildman–Crippen LogP) is 3.07. The third kappa shape index (κ3) is 3.35. The predicted molar refractivity (Wildman–Crippen MR) is 78.8 cm³/mol. The van der Waals surface area contributed by atoms with Crippen molar-refractivity contribution >= 4 is 15.9 Å². The molecular formula is C14H24BrN3. The van der Waals surface area contributed by atoms with Crippen LogP contribution in [0.2, 0.25) is 0 Å². The quantitative estimate of drug-likeness (QED) is 0.838. The largest absolute Gasteiger partial charge is 0.314 e. The molecule has 0 spiro atoms. The summed E-state index contributed by atoms with van der Waals surface area (Å²) in [6.45, 7) is 5.58. The lowest BCUT2D eigenvalue weighted by Gasteiger charge is -2.16. The van der Waals surface area contributed by atoms with Gasteiger partial charge in [0.15, 0.2) is 0 Å². The van der Waals surface area contributed by atoms with Gasteiger partial charge in [0, 0.05) is 13.1 Å². The molecule has 102 valence electrons. The zero-order valence-electron chi connectivity index (χ0n) is 11.7. The number of nitrogens with one attached hydrogen (secondary N) is 1. The van der Waals surface area contributed by atoms with E-state index in [-0.39, 0.29) is 0 Å². The first-order chi connectivity index (χ1) is 8.65. The highest BCUT2D eigenvalue weighted by atomic mass is 79.9. The van der Waals surface area contributed by atoms with Crippen LogP contribution in [-0.4, -0.2) is 22.4 Å². The van der Waals surface area contributed by atoms with Crippen LogP contribution >= 0.6 is 15.9 Å². The number of aryl methyl sites for hydroxylation is 2. The summed E-state index contributed by atoms with van der Waals surface area (Å²) in [5.74, 6) is 0.710. The Balaban J connectivity index is 1.98. The molecular weight excluding hydrogens is 290 g/mol. The second-order valence-electron chi connectivity index (χ2n) is 5.35. The van der Waals surface area contributed by atoms with E-state index < -0.39 is 0 Å². The Morgan fingerprint density at radius 1 is 1.44 bits per heavy atom. The zero-order valence-corrected chi connectivity index (χ0v) is 13.3. The molecule has 0 amide bonds. The van der Waals surface area contributed by atoms with E-state index in [0.29, 0.717) is 5.92 Å². The average Bonchev–Trinajstić information content (AvgIpc) is 3.15. The summed E-state index contributed by atoms with van der Waals surface area (Å²) in [5, 5.41) is 8.22. The summed E-state index contributed by atoms with van der Waals surface area (Å²) < 4.78 is 3.26. The monoisotopic (exact) mass is 313 g/mol. The first-order valence-corrected chi connectivity index (χ1v) is 7.88. The van der Waals surface area contributed by atoms with Crippen LogP contribution < -0.4 is 5.32 Å². The number of halogens is 1. The number of nitrogens with zero attached hydrogens (tertiary/aromatic N) is 2. The number of hydrogen-bond acceptors (Lipinski definition) is 2. The first-order valence-electron chi connectivity index (χ1n) is 7.09. The van der Waals surface area contributed by atoms with Crippen LogP contribution in [0.4, 0.5) is 0 Å². The van der Waals surface area contributed by atoms with Gasteiger partial charge in [0.2, 0.25) is 0 Å². The topological polar surface area (TPSA) is 29.9 Å². The number of aromatic nitrogens is 2. The Hall–Kier alpha value is -0.350. The van der Waals surface area contributed by atoms with Gasteiger partial charge in [-0.3, -0.25) is 4.68 Å². The Morgan fingerprint density at radius 3 is 2.67 bits per heavy atom. The Labute approximate surface area is 118 Å². The summed E-state index contributed by atoms with van der Waals surface area (Å²) in [6.07, 6.45) is 6.06. The molecule has 4 heteroatoms. The maximum absolute atomic E-state index is 4.57. The molecule has 1 aliphatic carbocycles. The van der Waals surface area contributed by atoms with Crippen molar-refractivity contribution in [3.05, 3.63) is 15.9 Å². The van der Waals surface area contributed by atoms with E-state index >= 15 is 0 Å². The van der Waals surface area contributed by atoms with Gasteiger partial charge in [0.1, 0.15) is 0 Å². The fraction of sp³-hybridized carbons (Fsp3) is 0.786. The third-order valence-corrected chi connectivity index (χ3v) is 4.75. The van der Waals surface area contributed by atoms with Gasteiger partial charge in [0.05, 0.1) is 15.9 Å². The third-order valence-electron chi connectivity index (χ3n) is 3.83. The van der Waals surface area contributed by atoms with Gasteiger partial charge in [0.25, 0.3) is 0 Å². The Kier molecular flexibility index (Phi) is 4.84. The average molecular weight is 314 g/mol. The van der Waals surface area contributed by atoms with Gasteiger partial charge in [-0.2, -0.15) is 5.10 Å². The summed E-state index contributed by atoms with van der Waals surface area (Å²) >= 11 is 3.71. The summed E-state index contributed by atoms with van der Waals surface area (Å²) in [5.41, 5.74) is 2.52. The van der Waals surface area contributed by atoms with Gasteiger partial charge in [-0.1, -0.05) is 20.3 Å². The molecule has 1 aromatic rings. The highest BCUT2D eigenvalue weighted by molar-refractivity contribution is 9.10. The molecule has 0 aliphatic heterocycles. The van der Waals surface area contributed by atoms with E-state index in [2.05, 4.69) is 47.2 Å². The molecule has 1 N–H and O–H groups in total. The van der Waals surface area contributed by atoms with Crippen LogP contribution in [0.15, 0.2) is 4.47 Å². The Morgan fingerprint density at radius 2 is 2.17 bits per heavy atom. The van der Waals surface area contributed by atoms with Crippen molar-refractivity contribution < 1.29 is 0 Å². The Bertz CT molecular complexity index is 396. The highest BCUT2D eigenvalue weighted by Gasteiger charge is 2.22. The fourth-order valence-electron chi connectivity index (χ4n) is 2.30. The second-order valence-corrected chi connectivity index (χ2v) is 6.14. The molecule has 1 fully saturated rings. The molecule has 3 nitrogen and oxygen atoms in total. The van der Waals surface area contributed by atoms with Gasteiger partial charge in [-0.15, -0.1) is 0 Å². The van der Waals surface area contributed by atoms with Crippen LogP contribution in [0.25, 0.3) is 0 Å². The molecule has 1 aromatic heterocycles. The molecule has 0 radical (unpaired) electrons. The van der Waals surface area contributed by atoms with E-state index in [1.807, 2.05) is 4.68 Å². The summed E-state index contributed by atoms with van der Waals surface area (Å²) in [6, 6.07) is 0.806. The normalized spacial score (nSPS) is 17.1. The van der Waals surface area contributed by atoms with Crippen molar-refractivity contribution in [3.8, 4) is 0 Å². The molecule has 18 heavy (non-hydrogen) atoms. The summed E-state index contributed by atoms with van der Waals surface area (Å²) in [7, 11) is 2.06. The van der Waals surface area contributed by atoms with Crippen LogP contribution in [-0.2, 0) is 19.9 Å². The highest BCUT2D eigenvalue weighted by Crippen LogP contribution is 2.25. The van der Waals surface area contributed by atoms with Crippen molar-refractivity contribution in [1.29, 1.82) is 0 Å². The van der Waals surface area contributed by atoms with Crippen LogP contribution in [0, 0.1) is 5.92 Å². The standard InChI is InChI=1S/C14H24BrN3/c1-4-10(9-16-11-6-7-11)8-13-14(15)12(5-2)17-18(13)3/h10-11,16H,4-9H2,1-3H3. The molecule has 2 rings (SSSR count). The van der Waals surface area contributed by atoms with E-state index in [4.69, 9.17) is 0 Å². The lowest BCUT2D eigenvalue weighted by atomic mass is 10.00. The minimum Gasteiger partial charge on any atom is -0.314 e. The fourth-order valence-corrected chi connectivity index (χ4v) is 3.07. The minimum absolute atomic E-state index is 0.710. The van der Waals surface area contributed by atoms with Crippen molar-refractivity contribution in [1.82, 2.24) is 15.1 Å². The SMILES string of the molecule is CCc1nn(C)c(CC(CC)CNC2CC2)c1Br. The van der Waals surface area contributed by atoms with Crippen molar-refractivity contribution in [3.63, 3.8) is 0 Å². The first kappa shape index (κ1) is 14.1. The molecule has 1 saturated carbocycles. The van der Waals surface area contributed by atoms with Gasteiger partial charge in [-0.05, 0) is 54.1 Å². The zero-order chi connectivity index (χ0) is 13.1. The van der Waals surface area contributed by atoms with E-state index in [9.17, 15) is 0 Å². The lowest BCUT2D eigenvalue weighted by Crippen LogP contribution is -2.26. The lowest BCUT2D eigenvalue weighted by molar-refractivity contribution is 0.446. The van der Waals surface area contributed by atoms with Crippen LogP contribution in [0.1, 0.15) is 44.5 Å². The van der Waals surface area contributed by atoms with Gasteiger partial charge < -0.3 is 5.32 Å². The van der Waals surface area contributed by atoms with E-state index in [1.165, 1.54) is 35.1 Å². The van der Waals surface area contributed by atoms with Crippen molar-refractivity contribution in [2.24, 2.45) is 13.0 Å². The van der Waals surface area contributed by atoms with E-state index in [1.54, 1.807) is 0 Å². The molecule has 0 bridgehead atoms. The van der Waals surface area contributed by atoms with Gasteiger partial charge in [-0.25, -0.2) is 0 Å². The number of rotatable bonds is 7. The van der Waals surface area contributed by atoms with Crippen LogP contribution in [0.3, 0.4) is 0 Å². The van der Waals surface area contributed by atoms with E-state index in [0.717, 1.165) is 25.4 Å². The molecule has 1 unspecified atom stereocenters. The minimum atomic E-state index is 0.710. The second kappa shape index (κ2) is 6.20. The molecule has 0 saturated heterocycles. The van der Waals surface area contributed by atoms with Gasteiger partial charge >= 0.3 is 0 Å². The molecule has 1 heterocycles. The summed E-state index contributed by atoms with van der Waals surface area (Å²) in [4.78, 5) is 0. The smallest absolute Gasteiger partial charge is 0.0766 e. The van der Waals surface area contributed by atoms with Crippen molar-refractivity contribution in [2.75, 3.05) is 6.54 Å². The van der Waals surface area contributed by atoms with Crippen molar-refractivity contribution in [2.45, 2.75) is 52.0 Å². The molecule has 1 aliphatic rings. The van der Waals surface area contributed by atoms with Crippen LogP contribution in [0.5, 0.6) is 0 Å². The maximum atomic E-state index is 4.57. The maximum Gasteiger partial charge on any atom is 0.0766 e. The molecule has 0 aromatic carbocycles. The molecule has 1 atom stereocenters. The number of hydrogen-bond donors (Lipinski definition) is 1.